The van der Waals surface area contributed by atoms with E-state index in [2.05, 4.69) is 25.4 Å². The standard InChI is InChI=1S/C33H35FN8O4/c1-33(2,3)20-11-19-6-8-41(32(45)29(19)25(34)12-20)30-24(16-43)23(5-7-35-30)26-14-27(31(44)39(4)37-26)36-28-13-21-15-40(22-17-46-18-22)9-10-42(21)38-28/h5-8,11-14,22,43H,9-10,15-18H2,1-4H3,(H,36,38). The quantitative estimate of drug-likeness (QED) is 0.292. The van der Waals surface area contributed by atoms with Gasteiger partial charge in [-0.3, -0.25) is 23.7 Å². The summed E-state index contributed by atoms with van der Waals surface area (Å²) in [5.74, 6) is 0.0531. The molecule has 0 atom stereocenters. The number of aromatic nitrogens is 6. The van der Waals surface area contributed by atoms with Crippen LogP contribution in [-0.2, 0) is 36.9 Å². The molecule has 0 unspecified atom stereocenters. The topological polar surface area (TPSA) is 132 Å². The van der Waals surface area contributed by atoms with Gasteiger partial charge in [0, 0.05) is 49.7 Å². The molecule has 5 aromatic rings. The fourth-order valence-electron chi connectivity index (χ4n) is 6.07. The van der Waals surface area contributed by atoms with Gasteiger partial charge in [-0.05, 0) is 40.6 Å². The van der Waals surface area contributed by atoms with Crippen molar-refractivity contribution in [3.05, 3.63) is 92.1 Å². The van der Waals surface area contributed by atoms with E-state index in [9.17, 15) is 14.7 Å². The number of halogens is 1. The Kier molecular flexibility index (Phi) is 7.34. The lowest BCUT2D eigenvalue weighted by Crippen LogP contribution is -2.51. The van der Waals surface area contributed by atoms with Crippen LogP contribution in [0.4, 0.5) is 15.9 Å². The van der Waals surface area contributed by atoms with Crippen LogP contribution < -0.4 is 16.4 Å². The summed E-state index contributed by atoms with van der Waals surface area (Å²) >= 11 is 0. The summed E-state index contributed by atoms with van der Waals surface area (Å²) < 4.78 is 25.1. The Hall–Kier alpha value is -4.72. The van der Waals surface area contributed by atoms with Gasteiger partial charge in [0.2, 0.25) is 0 Å². The predicted molar refractivity (Wildman–Crippen MR) is 171 cm³/mol. The van der Waals surface area contributed by atoms with Crippen molar-refractivity contribution in [1.29, 1.82) is 0 Å². The summed E-state index contributed by atoms with van der Waals surface area (Å²) in [6.07, 6.45) is 3.02. The van der Waals surface area contributed by atoms with Crippen LogP contribution in [0.2, 0.25) is 0 Å². The second-order valence-corrected chi connectivity index (χ2v) is 12.9. The van der Waals surface area contributed by atoms with E-state index in [1.807, 2.05) is 37.6 Å². The summed E-state index contributed by atoms with van der Waals surface area (Å²) in [6, 6.07) is 10.5. The highest BCUT2D eigenvalue weighted by atomic mass is 19.1. The third-order valence-corrected chi connectivity index (χ3v) is 8.81. The maximum Gasteiger partial charge on any atom is 0.290 e. The zero-order chi connectivity index (χ0) is 32.3. The molecule has 6 heterocycles. The van der Waals surface area contributed by atoms with Gasteiger partial charge < -0.3 is 15.2 Å². The number of ether oxygens (including phenoxy) is 1. The number of benzene rings is 1. The molecule has 7 rings (SSSR count). The van der Waals surface area contributed by atoms with Crippen LogP contribution in [0.15, 0.2) is 58.4 Å². The van der Waals surface area contributed by atoms with Crippen molar-refractivity contribution in [3.8, 4) is 17.1 Å². The second-order valence-electron chi connectivity index (χ2n) is 12.9. The fraction of sp³-hybridized carbons (Fsp3) is 0.364. The van der Waals surface area contributed by atoms with Crippen molar-refractivity contribution < 1.29 is 14.2 Å². The molecular formula is C33H35FN8O4. The van der Waals surface area contributed by atoms with Gasteiger partial charge in [-0.15, -0.1) is 0 Å². The molecule has 0 radical (unpaired) electrons. The Balaban J connectivity index is 1.25. The van der Waals surface area contributed by atoms with Crippen LogP contribution in [0.3, 0.4) is 0 Å². The number of pyridine rings is 2. The zero-order valence-electron chi connectivity index (χ0n) is 26.1. The number of nitrogens with zero attached hydrogens (tertiary/aromatic N) is 7. The SMILES string of the molecule is Cn1nc(-c2ccnc(-n3ccc4cc(C(C)(C)C)cc(F)c4c3=O)c2CO)cc(Nc2cc3n(n2)CCN(C2COC2)C3)c1=O. The van der Waals surface area contributed by atoms with E-state index in [0.717, 1.165) is 44.1 Å². The van der Waals surface area contributed by atoms with E-state index in [1.54, 1.807) is 18.2 Å². The van der Waals surface area contributed by atoms with Crippen molar-refractivity contribution in [2.75, 3.05) is 25.1 Å². The van der Waals surface area contributed by atoms with Gasteiger partial charge in [0.25, 0.3) is 11.1 Å². The molecule has 0 saturated carbocycles. The largest absolute Gasteiger partial charge is 0.392 e. The number of aliphatic hydroxyl groups is 1. The van der Waals surface area contributed by atoms with Crippen LogP contribution in [0.1, 0.15) is 37.6 Å². The molecule has 13 heteroatoms. The number of aryl methyl sites for hydroxylation is 1. The molecule has 46 heavy (non-hydrogen) atoms. The summed E-state index contributed by atoms with van der Waals surface area (Å²) in [6.45, 7) is 9.30. The number of hydrogen-bond donors (Lipinski definition) is 2. The third kappa shape index (κ3) is 5.19. The molecule has 0 spiro atoms. The lowest BCUT2D eigenvalue weighted by atomic mass is 9.86. The van der Waals surface area contributed by atoms with Crippen LogP contribution >= 0.6 is 0 Å². The maximum absolute atomic E-state index is 15.4. The van der Waals surface area contributed by atoms with E-state index < -0.39 is 18.0 Å². The number of fused-ring (bicyclic) bond motifs is 2. The van der Waals surface area contributed by atoms with Crippen molar-refractivity contribution in [2.45, 2.75) is 51.9 Å². The number of aliphatic hydroxyl groups excluding tert-OH is 1. The van der Waals surface area contributed by atoms with E-state index in [0.29, 0.717) is 34.1 Å². The second kappa shape index (κ2) is 11.3. The first-order chi connectivity index (χ1) is 22.0. The summed E-state index contributed by atoms with van der Waals surface area (Å²) in [4.78, 5) is 33.6. The molecule has 0 aliphatic carbocycles. The fourth-order valence-corrected chi connectivity index (χ4v) is 6.07. The normalized spacial score (nSPS) is 15.6. The van der Waals surface area contributed by atoms with Crippen molar-refractivity contribution in [3.63, 3.8) is 0 Å². The van der Waals surface area contributed by atoms with Crippen molar-refractivity contribution in [1.82, 2.24) is 34.0 Å². The summed E-state index contributed by atoms with van der Waals surface area (Å²) in [5.41, 5.74) is 1.92. The first kappa shape index (κ1) is 30.0. The van der Waals surface area contributed by atoms with Crippen LogP contribution in [-0.4, -0.2) is 64.9 Å². The number of nitrogens with one attached hydrogen (secondary N) is 1. The smallest absolute Gasteiger partial charge is 0.290 e. The Labute approximate surface area is 263 Å². The molecule has 12 nitrogen and oxygen atoms in total. The lowest BCUT2D eigenvalue weighted by Gasteiger charge is -2.39. The van der Waals surface area contributed by atoms with Gasteiger partial charge in [-0.25, -0.2) is 14.1 Å². The van der Waals surface area contributed by atoms with Crippen molar-refractivity contribution in [2.24, 2.45) is 7.05 Å². The Morgan fingerprint density at radius 1 is 1.07 bits per heavy atom. The zero-order valence-corrected chi connectivity index (χ0v) is 26.1. The molecule has 4 aromatic heterocycles. The molecule has 2 aliphatic rings. The highest BCUT2D eigenvalue weighted by Gasteiger charge is 2.30. The first-order valence-electron chi connectivity index (χ1n) is 15.2. The first-order valence-corrected chi connectivity index (χ1v) is 15.2. The Morgan fingerprint density at radius 3 is 2.59 bits per heavy atom. The number of rotatable bonds is 6. The minimum atomic E-state index is -0.621. The van der Waals surface area contributed by atoms with Crippen molar-refractivity contribution >= 4 is 22.3 Å². The minimum absolute atomic E-state index is 0.0646. The van der Waals surface area contributed by atoms with E-state index >= 15 is 4.39 Å². The molecule has 0 amide bonds. The average Bonchev–Trinajstić information content (AvgIpc) is 3.39. The van der Waals surface area contributed by atoms with Crippen LogP contribution in [0, 0.1) is 5.82 Å². The minimum Gasteiger partial charge on any atom is -0.392 e. The summed E-state index contributed by atoms with van der Waals surface area (Å²) in [5, 5.41) is 23.2. The van der Waals surface area contributed by atoms with E-state index in [1.165, 1.54) is 34.8 Å². The van der Waals surface area contributed by atoms with E-state index in [4.69, 9.17) is 4.74 Å². The molecule has 238 valence electrons. The van der Waals surface area contributed by atoms with Gasteiger partial charge in [0.15, 0.2) is 5.82 Å². The van der Waals surface area contributed by atoms with Gasteiger partial charge in [-0.1, -0.05) is 26.8 Å². The van der Waals surface area contributed by atoms with E-state index in [-0.39, 0.29) is 27.9 Å². The third-order valence-electron chi connectivity index (χ3n) is 8.81. The highest BCUT2D eigenvalue weighted by molar-refractivity contribution is 5.83. The molecule has 2 N–H and O–H groups in total. The van der Waals surface area contributed by atoms with Gasteiger partial charge in [0.1, 0.15) is 17.3 Å². The Morgan fingerprint density at radius 2 is 1.87 bits per heavy atom. The predicted octanol–water partition coefficient (Wildman–Crippen LogP) is 3.23. The average molecular weight is 627 g/mol. The lowest BCUT2D eigenvalue weighted by molar-refractivity contribution is -0.0735. The Bertz CT molecular complexity index is 2110. The van der Waals surface area contributed by atoms with Gasteiger partial charge >= 0.3 is 0 Å². The molecule has 2 aliphatic heterocycles. The molecule has 1 saturated heterocycles. The molecule has 0 bridgehead atoms. The number of anilines is 2. The van der Waals surface area contributed by atoms with Gasteiger partial charge in [-0.2, -0.15) is 10.2 Å². The number of hydrogen-bond acceptors (Lipinski definition) is 9. The molecule has 1 aromatic carbocycles. The molecular weight excluding hydrogens is 591 g/mol. The maximum atomic E-state index is 15.4. The van der Waals surface area contributed by atoms with Crippen LogP contribution in [0.5, 0.6) is 0 Å². The van der Waals surface area contributed by atoms with Gasteiger partial charge in [0.05, 0.1) is 49.2 Å². The van der Waals surface area contributed by atoms with Crippen LogP contribution in [0.25, 0.3) is 27.8 Å². The monoisotopic (exact) mass is 626 g/mol. The summed E-state index contributed by atoms with van der Waals surface area (Å²) in [7, 11) is 1.54. The highest BCUT2D eigenvalue weighted by Crippen LogP contribution is 2.30. The molecule has 1 fully saturated rings.